The third-order valence-corrected chi connectivity index (χ3v) is 3.35. The molecule has 4 heteroatoms. The Balaban J connectivity index is 2.16. The van der Waals surface area contributed by atoms with Gasteiger partial charge in [-0.2, -0.15) is 0 Å². The van der Waals surface area contributed by atoms with Crippen molar-refractivity contribution in [2.24, 2.45) is 5.92 Å². The maximum absolute atomic E-state index is 9.75. The summed E-state index contributed by atoms with van der Waals surface area (Å²) in [4.78, 5) is 0. The summed E-state index contributed by atoms with van der Waals surface area (Å²) in [5.41, 5.74) is 0. The molecule has 102 valence electrons. The van der Waals surface area contributed by atoms with Gasteiger partial charge in [0, 0.05) is 11.0 Å². The molecule has 0 aliphatic heterocycles. The molecule has 1 aromatic rings. The number of nitrogens with one attached hydrogen (secondary N) is 1. The van der Waals surface area contributed by atoms with Crippen LogP contribution in [0.3, 0.4) is 0 Å². The van der Waals surface area contributed by atoms with E-state index in [0.29, 0.717) is 19.1 Å². The fourth-order valence-corrected chi connectivity index (χ4v) is 1.69. The molecule has 0 saturated heterocycles. The van der Waals surface area contributed by atoms with Crippen LogP contribution in [0.1, 0.15) is 20.3 Å². The Bertz CT molecular complexity index is 329. The first kappa shape index (κ1) is 15.5. The van der Waals surface area contributed by atoms with Crippen molar-refractivity contribution in [2.45, 2.75) is 26.4 Å². The molecule has 2 atom stereocenters. The Morgan fingerprint density at radius 1 is 1.28 bits per heavy atom. The van der Waals surface area contributed by atoms with Gasteiger partial charge < -0.3 is 15.2 Å². The van der Waals surface area contributed by atoms with Crippen LogP contribution in [0, 0.1) is 5.92 Å². The Kier molecular flexibility index (Phi) is 7.32. The zero-order chi connectivity index (χ0) is 13.4. The summed E-state index contributed by atoms with van der Waals surface area (Å²) >= 11 is 3.37. The van der Waals surface area contributed by atoms with Gasteiger partial charge in [-0.05, 0) is 36.7 Å². The van der Waals surface area contributed by atoms with E-state index < -0.39 is 6.10 Å². The molecular formula is C14H22BrNO2. The van der Waals surface area contributed by atoms with Gasteiger partial charge in [-0.25, -0.2) is 0 Å². The van der Waals surface area contributed by atoms with Gasteiger partial charge in [-0.1, -0.05) is 36.2 Å². The molecule has 2 unspecified atom stereocenters. The van der Waals surface area contributed by atoms with Gasteiger partial charge in [0.1, 0.15) is 18.5 Å². The van der Waals surface area contributed by atoms with E-state index >= 15 is 0 Å². The summed E-state index contributed by atoms with van der Waals surface area (Å²) in [5.74, 6) is 1.42. The van der Waals surface area contributed by atoms with E-state index in [0.717, 1.165) is 23.2 Å². The van der Waals surface area contributed by atoms with Gasteiger partial charge in [0.05, 0.1) is 0 Å². The molecule has 1 rings (SSSR count). The Morgan fingerprint density at radius 3 is 2.56 bits per heavy atom. The topological polar surface area (TPSA) is 41.5 Å². The lowest BCUT2D eigenvalue weighted by molar-refractivity contribution is 0.105. The second-order valence-electron chi connectivity index (χ2n) is 4.59. The highest BCUT2D eigenvalue weighted by Gasteiger charge is 2.06. The van der Waals surface area contributed by atoms with Crippen LogP contribution >= 0.6 is 15.9 Å². The van der Waals surface area contributed by atoms with Crippen LogP contribution in [-0.2, 0) is 0 Å². The smallest absolute Gasteiger partial charge is 0.119 e. The summed E-state index contributed by atoms with van der Waals surface area (Å²) in [6.45, 7) is 6.18. The number of aliphatic hydroxyl groups is 1. The molecular weight excluding hydrogens is 294 g/mol. The highest BCUT2D eigenvalue weighted by atomic mass is 79.9. The molecule has 2 N–H and O–H groups in total. The first-order valence-corrected chi connectivity index (χ1v) is 7.18. The molecule has 0 radical (unpaired) electrons. The highest BCUT2D eigenvalue weighted by molar-refractivity contribution is 9.10. The van der Waals surface area contributed by atoms with Gasteiger partial charge in [0.15, 0.2) is 0 Å². The first-order valence-electron chi connectivity index (χ1n) is 6.39. The molecule has 0 spiro atoms. The summed E-state index contributed by atoms with van der Waals surface area (Å²) in [7, 11) is 0. The number of halogens is 1. The van der Waals surface area contributed by atoms with Crippen molar-refractivity contribution in [2.75, 3.05) is 19.7 Å². The van der Waals surface area contributed by atoms with Crippen molar-refractivity contribution >= 4 is 15.9 Å². The average molecular weight is 316 g/mol. The van der Waals surface area contributed by atoms with Gasteiger partial charge >= 0.3 is 0 Å². The Hall–Kier alpha value is -0.580. The first-order chi connectivity index (χ1) is 8.61. The second-order valence-corrected chi connectivity index (χ2v) is 5.51. The van der Waals surface area contributed by atoms with E-state index in [9.17, 15) is 5.11 Å². The van der Waals surface area contributed by atoms with E-state index in [1.807, 2.05) is 24.3 Å². The molecule has 0 aliphatic rings. The average Bonchev–Trinajstić information content (AvgIpc) is 2.38. The lowest BCUT2D eigenvalue weighted by atomic mass is 10.1. The van der Waals surface area contributed by atoms with Gasteiger partial charge in [0.25, 0.3) is 0 Å². The van der Waals surface area contributed by atoms with E-state index in [4.69, 9.17) is 4.74 Å². The third kappa shape index (κ3) is 6.38. The van der Waals surface area contributed by atoms with Crippen molar-refractivity contribution < 1.29 is 9.84 Å². The molecule has 0 heterocycles. The van der Waals surface area contributed by atoms with Crippen LogP contribution in [0.5, 0.6) is 5.75 Å². The quantitative estimate of drug-likeness (QED) is 0.775. The number of hydrogen-bond acceptors (Lipinski definition) is 3. The maximum atomic E-state index is 9.75. The molecule has 0 amide bonds. The normalized spacial score (nSPS) is 14.2. The second kappa shape index (κ2) is 8.51. The van der Waals surface area contributed by atoms with Crippen LogP contribution in [0.2, 0.25) is 0 Å². The molecule has 0 aliphatic carbocycles. The zero-order valence-corrected chi connectivity index (χ0v) is 12.6. The zero-order valence-electron chi connectivity index (χ0n) is 11.0. The number of aliphatic hydroxyl groups excluding tert-OH is 1. The van der Waals surface area contributed by atoms with Gasteiger partial charge in [-0.3, -0.25) is 0 Å². The molecule has 18 heavy (non-hydrogen) atoms. The van der Waals surface area contributed by atoms with Crippen molar-refractivity contribution in [1.29, 1.82) is 0 Å². The monoisotopic (exact) mass is 315 g/mol. The minimum absolute atomic E-state index is 0.315. The molecule has 0 fully saturated rings. The standard InChI is InChI=1S/C14H22BrNO2/c1-3-11(2)8-16-9-13(17)10-18-14-6-4-12(15)5-7-14/h4-7,11,13,16-17H,3,8-10H2,1-2H3. The summed E-state index contributed by atoms with van der Waals surface area (Å²) in [5, 5.41) is 13.0. The van der Waals surface area contributed by atoms with Crippen molar-refractivity contribution in [1.82, 2.24) is 5.32 Å². The molecule has 1 aromatic carbocycles. The SMILES string of the molecule is CCC(C)CNCC(O)COc1ccc(Br)cc1. The van der Waals surface area contributed by atoms with Gasteiger partial charge in [-0.15, -0.1) is 0 Å². The predicted molar refractivity (Wildman–Crippen MR) is 78.0 cm³/mol. The van der Waals surface area contributed by atoms with E-state index in [1.54, 1.807) is 0 Å². The van der Waals surface area contributed by atoms with Crippen LogP contribution in [0.15, 0.2) is 28.7 Å². The third-order valence-electron chi connectivity index (χ3n) is 2.83. The van der Waals surface area contributed by atoms with E-state index in [1.165, 1.54) is 0 Å². The maximum Gasteiger partial charge on any atom is 0.119 e. The van der Waals surface area contributed by atoms with Gasteiger partial charge in [0.2, 0.25) is 0 Å². The van der Waals surface area contributed by atoms with Crippen molar-refractivity contribution in [3.05, 3.63) is 28.7 Å². The Labute approximate surface area is 118 Å². The lowest BCUT2D eigenvalue weighted by Gasteiger charge is -2.15. The summed E-state index contributed by atoms with van der Waals surface area (Å²) in [6, 6.07) is 7.60. The van der Waals surface area contributed by atoms with Crippen molar-refractivity contribution in [3.8, 4) is 5.75 Å². The van der Waals surface area contributed by atoms with Crippen LogP contribution in [0.25, 0.3) is 0 Å². The van der Waals surface area contributed by atoms with E-state index in [2.05, 4.69) is 35.1 Å². The van der Waals surface area contributed by atoms with Crippen LogP contribution in [-0.4, -0.2) is 30.9 Å². The minimum Gasteiger partial charge on any atom is -0.491 e. The predicted octanol–water partition coefficient (Wildman–Crippen LogP) is 2.82. The summed E-state index contributed by atoms with van der Waals surface area (Å²) < 4.78 is 6.51. The molecule has 0 bridgehead atoms. The molecule has 3 nitrogen and oxygen atoms in total. The van der Waals surface area contributed by atoms with Crippen LogP contribution < -0.4 is 10.1 Å². The number of hydrogen-bond donors (Lipinski definition) is 2. The summed E-state index contributed by atoms with van der Waals surface area (Å²) in [6.07, 6.45) is 0.677. The number of benzene rings is 1. The fraction of sp³-hybridized carbons (Fsp3) is 0.571. The van der Waals surface area contributed by atoms with E-state index in [-0.39, 0.29) is 0 Å². The fourth-order valence-electron chi connectivity index (χ4n) is 1.42. The number of rotatable bonds is 8. The molecule has 0 aromatic heterocycles. The van der Waals surface area contributed by atoms with Crippen LogP contribution in [0.4, 0.5) is 0 Å². The largest absolute Gasteiger partial charge is 0.491 e. The van der Waals surface area contributed by atoms with Crippen molar-refractivity contribution in [3.63, 3.8) is 0 Å². The highest BCUT2D eigenvalue weighted by Crippen LogP contribution is 2.16. The lowest BCUT2D eigenvalue weighted by Crippen LogP contribution is -2.33. The Morgan fingerprint density at radius 2 is 1.94 bits per heavy atom. The molecule has 0 saturated carbocycles. The number of ether oxygens (including phenoxy) is 1. The minimum atomic E-state index is -0.474.